The van der Waals surface area contributed by atoms with E-state index in [1.807, 2.05) is 48.5 Å². The van der Waals surface area contributed by atoms with E-state index in [-0.39, 0.29) is 38.1 Å². The normalized spacial score (nSPS) is 32.8. The molecule has 0 radical (unpaired) electrons. The average molecular weight is 555 g/mol. The zero-order valence-electron chi connectivity index (χ0n) is 25.1. The SMILES string of the molecule is CCC[C@@H]1O[C@@]1(CC)C(=O)OCC(CC)(COC(=O)[C@@]1(CC)O[C@H]1CCC)COC(=O)[C@@]1(CC)O[C@H]1CCC. The van der Waals surface area contributed by atoms with E-state index < -0.39 is 40.1 Å². The van der Waals surface area contributed by atoms with Gasteiger partial charge in [0, 0.05) is 0 Å². The lowest BCUT2D eigenvalue weighted by Crippen LogP contribution is -2.43. The second-order valence-corrected chi connectivity index (χ2v) is 11.5. The van der Waals surface area contributed by atoms with Crippen molar-refractivity contribution in [3.05, 3.63) is 0 Å². The number of hydrogen-bond donors (Lipinski definition) is 0. The number of hydrogen-bond acceptors (Lipinski definition) is 9. The van der Waals surface area contributed by atoms with Crippen molar-refractivity contribution in [1.29, 1.82) is 0 Å². The maximum Gasteiger partial charge on any atom is 0.341 e. The van der Waals surface area contributed by atoms with Gasteiger partial charge in [0.25, 0.3) is 0 Å². The summed E-state index contributed by atoms with van der Waals surface area (Å²) in [5.74, 6) is -1.26. The summed E-state index contributed by atoms with van der Waals surface area (Å²) in [6.07, 6.45) is 6.64. The molecule has 0 bridgehead atoms. The van der Waals surface area contributed by atoms with E-state index in [1.54, 1.807) is 0 Å². The van der Waals surface area contributed by atoms with E-state index in [9.17, 15) is 14.4 Å². The van der Waals surface area contributed by atoms with E-state index in [0.29, 0.717) is 25.7 Å². The van der Waals surface area contributed by atoms with Gasteiger partial charge in [-0.3, -0.25) is 0 Å². The molecule has 0 aromatic rings. The van der Waals surface area contributed by atoms with Gasteiger partial charge in [-0.25, -0.2) is 14.4 Å². The Morgan fingerprint density at radius 2 is 0.846 bits per heavy atom. The molecule has 3 rings (SSSR count). The Kier molecular flexibility index (Phi) is 10.5. The minimum absolute atomic E-state index is 0.0659. The standard InChI is InChI=1S/C30H50O9/c1-8-15-21-28(12-5,37-21)24(31)34-18-27(11-4,19-35-25(32)29(13-6)22(38-29)16-9-2)20-36-26(33)30(14-7)23(39-30)17-10-3/h21-23H,8-20H2,1-7H3/t21-,22-,23-,28-,29-,30+/m0/s1. The van der Waals surface area contributed by atoms with Crippen molar-refractivity contribution >= 4 is 17.9 Å². The number of rotatable bonds is 19. The Bertz CT molecular complexity index is 767. The molecule has 0 unspecified atom stereocenters. The van der Waals surface area contributed by atoms with Crippen LogP contribution in [0.25, 0.3) is 0 Å². The predicted molar refractivity (Wildman–Crippen MR) is 144 cm³/mol. The van der Waals surface area contributed by atoms with Crippen LogP contribution < -0.4 is 0 Å². The first kappa shape index (κ1) is 31.8. The summed E-state index contributed by atoms with van der Waals surface area (Å²) >= 11 is 0. The minimum Gasteiger partial charge on any atom is -0.463 e. The molecule has 0 saturated carbocycles. The van der Waals surface area contributed by atoms with Crippen molar-refractivity contribution in [2.24, 2.45) is 5.41 Å². The highest BCUT2D eigenvalue weighted by atomic mass is 16.7. The molecule has 6 atom stereocenters. The first-order valence-electron chi connectivity index (χ1n) is 15.2. The van der Waals surface area contributed by atoms with Crippen LogP contribution in [0.1, 0.15) is 113 Å². The summed E-state index contributed by atoms with van der Waals surface area (Å²) < 4.78 is 34.8. The highest BCUT2D eigenvalue weighted by Gasteiger charge is 2.64. The number of ether oxygens (including phenoxy) is 6. The Hall–Kier alpha value is -1.71. The maximum atomic E-state index is 13.1. The van der Waals surface area contributed by atoms with Gasteiger partial charge in [-0.05, 0) is 44.9 Å². The number of carbonyl (C=O) groups excluding carboxylic acids is 3. The van der Waals surface area contributed by atoms with Crippen LogP contribution >= 0.6 is 0 Å². The van der Waals surface area contributed by atoms with Crippen LogP contribution in [-0.2, 0) is 42.8 Å². The molecule has 3 heterocycles. The lowest BCUT2D eigenvalue weighted by Gasteiger charge is -2.32. The zero-order valence-corrected chi connectivity index (χ0v) is 25.1. The van der Waals surface area contributed by atoms with Crippen LogP contribution in [0.4, 0.5) is 0 Å². The monoisotopic (exact) mass is 554 g/mol. The van der Waals surface area contributed by atoms with Gasteiger partial charge in [-0.15, -0.1) is 0 Å². The van der Waals surface area contributed by atoms with Crippen LogP contribution in [0.15, 0.2) is 0 Å². The molecule has 0 aromatic heterocycles. The van der Waals surface area contributed by atoms with Crippen molar-refractivity contribution in [1.82, 2.24) is 0 Å². The lowest BCUT2D eigenvalue weighted by atomic mass is 9.87. The Balaban J connectivity index is 1.71. The maximum absolute atomic E-state index is 13.1. The summed E-state index contributed by atoms with van der Waals surface area (Å²) in [6.45, 7) is 13.6. The van der Waals surface area contributed by atoms with Crippen molar-refractivity contribution in [2.75, 3.05) is 19.8 Å². The molecule has 0 N–H and O–H groups in total. The van der Waals surface area contributed by atoms with Crippen LogP contribution in [0.3, 0.4) is 0 Å². The summed E-state index contributed by atoms with van der Waals surface area (Å²) in [5.41, 5.74) is -3.69. The third-order valence-corrected chi connectivity index (χ3v) is 8.99. The molecule has 9 heteroatoms. The molecule has 3 fully saturated rings. The molecule has 0 aliphatic carbocycles. The largest absolute Gasteiger partial charge is 0.463 e. The molecule has 3 aliphatic rings. The second kappa shape index (κ2) is 12.9. The fourth-order valence-corrected chi connectivity index (χ4v) is 5.68. The smallest absolute Gasteiger partial charge is 0.341 e. The van der Waals surface area contributed by atoms with Gasteiger partial charge in [-0.1, -0.05) is 67.7 Å². The van der Waals surface area contributed by atoms with Crippen molar-refractivity contribution in [3.63, 3.8) is 0 Å². The molecule has 0 spiro atoms. The molecule has 9 nitrogen and oxygen atoms in total. The summed E-state index contributed by atoms with van der Waals surface area (Å²) in [7, 11) is 0. The summed E-state index contributed by atoms with van der Waals surface area (Å²) in [4.78, 5) is 39.4. The Labute approximate surface area is 233 Å². The van der Waals surface area contributed by atoms with Gasteiger partial charge in [0.05, 0.1) is 23.7 Å². The molecular weight excluding hydrogens is 504 g/mol. The first-order valence-corrected chi connectivity index (χ1v) is 15.2. The lowest BCUT2D eigenvalue weighted by molar-refractivity contribution is -0.169. The number of epoxide rings is 3. The summed E-state index contributed by atoms with van der Waals surface area (Å²) in [6, 6.07) is 0. The second-order valence-electron chi connectivity index (χ2n) is 11.5. The van der Waals surface area contributed by atoms with Gasteiger partial charge in [0.1, 0.15) is 19.8 Å². The van der Waals surface area contributed by atoms with E-state index in [0.717, 1.165) is 38.5 Å². The number of esters is 3. The van der Waals surface area contributed by atoms with Crippen LogP contribution in [0, 0.1) is 5.41 Å². The number of carbonyl (C=O) groups is 3. The highest BCUT2D eigenvalue weighted by Crippen LogP contribution is 2.46. The van der Waals surface area contributed by atoms with E-state index in [4.69, 9.17) is 28.4 Å². The zero-order chi connectivity index (χ0) is 28.9. The third-order valence-electron chi connectivity index (χ3n) is 8.99. The van der Waals surface area contributed by atoms with Gasteiger partial charge < -0.3 is 28.4 Å². The van der Waals surface area contributed by atoms with Gasteiger partial charge in [-0.2, -0.15) is 0 Å². The van der Waals surface area contributed by atoms with Crippen molar-refractivity contribution in [3.8, 4) is 0 Å². The average Bonchev–Trinajstić information content (AvgIpc) is 3.87. The topological polar surface area (TPSA) is 116 Å². The van der Waals surface area contributed by atoms with Crippen LogP contribution in [0.2, 0.25) is 0 Å². The van der Waals surface area contributed by atoms with E-state index >= 15 is 0 Å². The fraction of sp³-hybridized carbons (Fsp3) is 0.900. The summed E-state index contributed by atoms with van der Waals surface area (Å²) in [5, 5.41) is 0. The van der Waals surface area contributed by atoms with E-state index in [1.165, 1.54) is 0 Å². The van der Waals surface area contributed by atoms with Gasteiger partial charge in [0.2, 0.25) is 0 Å². The van der Waals surface area contributed by atoms with Gasteiger partial charge in [0.15, 0.2) is 16.8 Å². The van der Waals surface area contributed by atoms with Gasteiger partial charge >= 0.3 is 17.9 Å². The van der Waals surface area contributed by atoms with Crippen molar-refractivity contribution < 1.29 is 42.8 Å². The third kappa shape index (κ3) is 6.30. The molecule has 3 saturated heterocycles. The quantitative estimate of drug-likeness (QED) is 0.123. The minimum atomic E-state index is -0.925. The molecule has 224 valence electrons. The fourth-order valence-electron chi connectivity index (χ4n) is 5.68. The van der Waals surface area contributed by atoms with E-state index in [2.05, 4.69) is 0 Å². The molecule has 0 aromatic carbocycles. The van der Waals surface area contributed by atoms with Crippen molar-refractivity contribution in [2.45, 2.75) is 148 Å². The highest BCUT2D eigenvalue weighted by molar-refractivity contribution is 5.84. The molecule has 0 amide bonds. The van der Waals surface area contributed by atoms with Crippen LogP contribution in [-0.4, -0.2) is 72.8 Å². The first-order chi connectivity index (χ1) is 18.6. The molecular formula is C30H50O9. The Morgan fingerprint density at radius 3 is 1.05 bits per heavy atom. The Morgan fingerprint density at radius 1 is 0.564 bits per heavy atom. The predicted octanol–water partition coefficient (Wildman–Crippen LogP) is 5.06. The molecule has 3 aliphatic heterocycles. The van der Waals surface area contributed by atoms with Crippen LogP contribution in [0.5, 0.6) is 0 Å². The molecule has 39 heavy (non-hydrogen) atoms.